The van der Waals surface area contributed by atoms with Crippen LogP contribution >= 0.6 is 0 Å². The molecule has 1 atom stereocenters. The van der Waals surface area contributed by atoms with Gasteiger partial charge in [-0.2, -0.15) is 0 Å². The third-order valence-electron chi connectivity index (χ3n) is 3.10. The molecule has 0 aromatic heterocycles. The van der Waals surface area contributed by atoms with E-state index in [2.05, 4.69) is 26.1 Å². The van der Waals surface area contributed by atoms with Gasteiger partial charge in [0.2, 0.25) is 0 Å². The number of hydrogen-bond donors (Lipinski definition) is 2. The molecule has 1 unspecified atom stereocenters. The maximum Gasteiger partial charge on any atom is 0.334 e. The van der Waals surface area contributed by atoms with Crippen LogP contribution in [-0.2, 0) is 19.7 Å². The summed E-state index contributed by atoms with van der Waals surface area (Å²) >= 11 is 0. The van der Waals surface area contributed by atoms with Gasteiger partial charge in [-0.1, -0.05) is 39.0 Å². The summed E-state index contributed by atoms with van der Waals surface area (Å²) < 4.78 is 10.3. The number of hydrogen-bond acceptors (Lipinski definition) is 4. The van der Waals surface area contributed by atoms with Gasteiger partial charge in [-0.15, -0.1) is 0 Å². The van der Waals surface area contributed by atoms with Crippen LogP contribution in [0.1, 0.15) is 26.3 Å². The van der Waals surface area contributed by atoms with E-state index in [9.17, 15) is 9.59 Å². The van der Waals surface area contributed by atoms with Crippen LogP contribution in [0.3, 0.4) is 0 Å². The molecule has 1 amide bonds. The zero-order chi connectivity index (χ0) is 16.8. The molecule has 0 aliphatic rings. The highest BCUT2D eigenvalue weighted by molar-refractivity contribution is 5.79. The first kappa shape index (κ1) is 18.0. The molecule has 0 bridgehead atoms. The SMILES string of the molecule is COC(CNC(=O)COc1ccccc1C(C)(C)C)C(=O)O. The van der Waals surface area contributed by atoms with E-state index in [0.717, 1.165) is 5.56 Å². The van der Waals surface area contributed by atoms with E-state index in [1.165, 1.54) is 7.11 Å². The van der Waals surface area contributed by atoms with Gasteiger partial charge in [0, 0.05) is 7.11 Å². The minimum Gasteiger partial charge on any atom is -0.483 e. The Morgan fingerprint density at radius 1 is 1.27 bits per heavy atom. The van der Waals surface area contributed by atoms with Crippen molar-refractivity contribution >= 4 is 11.9 Å². The van der Waals surface area contributed by atoms with Gasteiger partial charge in [0.05, 0.1) is 6.54 Å². The van der Waals surface area contributed by atoms with Crippen LogP contribution in [0, 0.1) is 0 Å². The van der Waals surface area contributed by atoms with Gasteiger partial charge in [-0.3, -0.25) is 4.79 Å². The molecule has 22 heavy (non-hydrogen) atoms. The number of carboxylic acids is 1. The van der Waals surface area contributed by atoms with Gasteiger partial charge in [0.1, 0.15) is 5.75 Å². The average Bonchev–Trinajstić information content (AvgIpc) is 2.44. The molecule has 0 radical (unpaired) electrons. The highest BCUT2D eigenvalue weighted by atomic mass is 16.5. The predicted octanol–water partition coefficient (Wildman–Crippen LogP) is 1.58. The van der Waals surface area contributed by atoms with Gasteiger partial charge >= 0.3 is 5.97 Å². The number of benzene rings is 1. The predicted molar refractivity (Wildman–Crippen MR) is 82.1 cm³/mol. The Hall–Kier alpha value is -2.08. The zero-order valence-corrected chi connectivity index (χ0v) is 13.4. The lowest BCUT2D eigenvalue weighted by molar-refractivity contribution is -0.148. The van der Waals surface area contributed by atoms with Crippen molar-refractivity contribution in [2.24, 2.45) is 0 Å². The third-order valence-corrected chi connectivity index (χ3v) is 3.10. The Morgan fingerprint density at radius 2 is 1.91 bits per heavy atom. The Kier molecular flexibility index (Phi) is 6.37. The standard InChI is InChI=1S/C16H23NO5/c1-16(2,3)11-7-5-6-8-12(11)22-10-14(18)17-9-13(21-4)15(19)20/h5-8,13H,9-10H2,1-4H3,(H,17,18)(H,19,20). The first-order valence-electron chi connectivity index (χ1n) is 7.00. The maximum absolute atomic E-state index is 11.7. The van der Waals surface area contributed by atoms with Gasteiger partial charge in [-0.05, 0) is 17.0 Å². The van der Waals surface area contributed by atoms with Gasteiger partial charge in [0.15, 0.2) is 12.7 Å². The van der Waals surface area contributed by atoms with Crippen LogP contribution in [0.25, 0.3) is 0 Å². The lowest BCUT2D eigenvalue weighted by Crippen LogP contribution is -2.39. The number of rotatable bonds is 7. The van der Waals surface area contributed by atoms with E-state index in [-0.39, 0.29) is 18.6 Å². The molecular formula is C16H23NO5. The maximum atomic E-state index is 11.7. The minimum absolute atomic E-state index is 0.0997. The van der Waals surface area contributed by atoms with Crippen molar-refractivity contribution in [3.05, 3.63) is 29.8 Å². The van der Waals surface area contributed by atoms with Gasteiger partial charge in [0.25, 0.3) is 5.91 Å². The first-order chi connectivity index (χ1) is 10.3. The zero-order valence-electron chi connectivity index (χ0n) is 13.4. The number of nitrogens with one attached hydrogen (secondary N) is 1. The van der Waals surface area contributed by atoms with Crippen LogP contribution in [0.5, 0.6) is 5.75 Å². The Bertz CT molecular complexity index is 522. The number of carboxylic acid groups (broad SMARTS) is 1. The number of ether oxygens (including phenoxy) is 2. The van der Waals surface area contributed by atoms with Crippen LogP contribution in [0.4, 0.5) is 0 Å². The van der Waals surface area contributed by atoms with Crippen LogP contribution < -0.4 is 10.1 Å². The second kappa shape index (κ2) is 7.79. The number of aliphatic carboxylic acids is 1. The van der Waals surface area contributed by atoms with E-state index < -0.39 is 18.0 Å². The highest BCUT2D eigenvalue weighted by Gasteiger charge is 2.20. The van der Waals surface area contributed by atoms with Crippen molar-refractivity contribution in [1.82, 2.24) is 5.32 Å². The van der Waals surface area contributed by atoms with Crippen molar-refractivity contribution in [3.63, 3.8) is 0 Å². The lowest BCUT2D eigenvalue weighted by atomic mass is 9.86. The molecule has 122 valence electrons. The molecule has 2 N–H and O–H groups in total. The molecule has 0 fully saturated rings. The van der Waals surface area contributed by atoms with Gasteiger partial charge in [-0.25, -0.2) is 4.79 Å². The van der Waals surface area contributed by atoms with Crippen LogP contribution in [0.15, 0.2) is 24.3 Å². The summed E-state index contributed by atoms with van der Waals surface area (Å²) in [6, 6.07) is 7.53. The Labute approximate surface area is 130 Å². The second-order valence-electron chi connectivity index (χ2n) is 5.90. The van der Waals surface area contributed by atoms with E-state index in [1.807, 2.05) is 24.3 Å². The summed E-state index contributed by atoms with van der Waals surface area (Å²) in [5, 5.41) is 11.3. The van der Waals surface area contributed by atoms with Gasteiger partial charge < -0.3 is 19.9 Å². The Balaban J connectivity index is 2.57. The molecular weight excluding hydrogens is 286 g/mol. The normalized spacial score (nSPS) is 12.5. The summed E-state index contributed by atoms with van der Waals surface area (Å²) in [6.45, 7) is 5.90. The highest BCUT2D eigenvalue weighted by Crippen LogP contribution is 2.30. The molecule has 0 spiro atoms. The molecule has 1 rings (SSSR count). The van der Waals surface area contributed by atoms with Crippen molar-refractivity contribution < 1.29 is 24.2 Å². The number of para-hydroxylation sites is 1. The van der Waals surface area contributed by atoms with Crippen molar-refractivity contribution in [3.8, 4) is 5.75 Å². The largest absolute Gasteiger partial charge is 0.483 e. The summed E-state index contributed by atoms with van der Waals surface area (Å²) in [6.07, 6.45) is -1.06. The number of carbonyl (C=O) groups excluding carboxylic acids is 1. The van der Waals surface area contributed by atoms with Crippen LogP contribution in [-0.4, -0.2) is 43.3 Å². The number of methoxy groups -OCH3 is 1. The summed E-state index contributed by atoms with van der Waals surface area (Å²) in [7, 11) is 1.28. The number of amides is 1. The molecule has 6 nitrogen and oxygen atoms in total. The smallest absolute Gasteiger partial charge is 0.334 e. The fraction of sp³-hybridized carbons (Fsp3) is 0.500. The third kappa shape index (κ3) is 5.37. The minimum atomic E-state index is -1.12. The quantitative estimate of drug-likeness (QED) is 0.799. The lowest BCUT2D eigenvalue weighted by Gasteiger charge is -2.22. The molecule has 0 saturated heterocycles. The molecule has 6 heteroatoms. The van der Waals surface area contributed by atoms with E-state index in [0.29, 0.717) is 5.75 Å². The van der Waals surface area contributed by atoms with Crippen molar-refractivity contribution in [2.45, 2.75) is 32.3 Å². The van der Waals surface area contributed by atoms with E-state index in [4.69, 9.17) is 14.6 Å². The molecule has 0 aliphatic heterocycles. The van der Waals surface area contributed by atoms with Crippen molar-refractivity contribution in [2.75, 3.05) is 20.3 Å². The summed E-state index contributed by atoms with van der Waals surface area (Å²) in [4.78, 5) is 22.5. The molecule has 1 aromatic carbocycles. The van der Waals surface area contributed by atoms with E-state index in [1.54, 1.807) is 0 Å². The molecule has 0 heterocycles. The molecule has 0 aliphatic carbocycles. The van der Waals surface area contributed by atoms with Crippen LogP contribution in [0.2, 0.25) is 0 Å². The summed E-state index contributed by atoms with van der Waals surface area (Å²) in [5.74, 6) is -0.875. The topological polar surface area (TPSA) is 84.9 Å². The second-order valence-corrected chi connectivity index (χ2v) is 5.90. The monoisotopic (exact) mass is 309 g/mol. The summed E-state index contributed by atoms with van der Waals surface area (Å²) in [5.41, 5.74) is 0.903. The number of carbonyl (C=O) groups is 2. The average molecular weight is 309 g/mol. The molecule has 0 saturated carbocycles. The van der Waals surface area contributed by atoms with E-state index >= 15 is 0 Å². The first-order valence-corrected chi connectivity index (χ1v) is 7.00. The Morgan fingerprint density at radius 3 is 2.45 bits per heavy atom. The fourth-order valence-corrected chi connectivity index (χ4v) is 1.88. The fourth-order valence-electron chi connectivity index (χ4n) is 1.88. The van der Waals surface area contributed by atoms with Crippen molar-refractivity contribution in [1.29, 1.82) is 0 Å². The molecule has 1 aromatic rings.